The number of hydrogen-bond acceptors (Lipinski definition) is 1. The van der Waals surface area contributed by atoms with Gasteiger partial charge in [0.1, 0.15) is 0 Å². The topological polar surface area (TPSA) is 17.1 Å². The summed E-state index contributed by atoms with van der Waals surface area (Å²) in [6.07, 6.45) is 2.11. The van der Waals surface area contributed by atoms with Gasteiger partial charge in [-0.05, 0) is 47.9 Å². The summed E-state index contributed by atoms with van der Waals surface area (Å²) in [7, 11) is -1.11. The lowest BCUT2D eigenvalue weighted by atomic mass is 9.99. The predicted octanol–water partition coefficient (Wildman–Crippen LogP) is 5.88. The Kier molecular flexibility index (Phi) is 5.96. The van der Waals surface area contributed by atoms with Crippen LogP contribution in [0.5, 0.6) is 0 Å². The van der Waals surface area contributed by atoms with E-state index in [-0.39, 0.29) is 0 Å². The maximum atomic E-state index is 13.2. The first kappa shape index (κ1) is 17.0. The van der Waals surface area contributed by atoms with Gasteiger partial charge in [0.2, 0.25) is 0 Å². The van der Waals surface area contributed by atoms with Gasteiger partial charge in [-0.15, -0.1) is 0 Å². The van der Waals surface area contributed by atoms with Gasteiger partial charge in [-0.25, -0.2) is 4.21 Å². The molecule has 0 aliphatic heterocycles. The predicted molar refractivity (Wildman–Crippen MR) is 95.0 cm³/mol. The lowest BCUT2D eigenvalue weighted by molar-refractivity contribution is 0.669. The second kappa shape index (κ2) is 7.73. The zero-order chi connectivity index (χ0) is 16.1. The van der Waals surface area contributed by atoms with Crippen LogP contribution in [-0.4, -0.2) is 4.21 Å². The zero-order valence-electron chi connectivity index (χ0n) is 14.0. The molecule has 0 aliphatic carbocycles. The Bertz CT molecular complexity index is 592. The van der Waals surface area contributed by atoms with Crippen molar-refractivity contribution in [2.75, 3.05) is 0 Å². The van der Waals surface area contributed by atoms with Crippen molar-refractivity contribution in [1.82, 2.24) is 0 Å². The molecule has 2 unspecified atom stereocenters. The molecule has 118 valence electrons. The molecule has 0 spiro atoms. The van der Waals surface area contributed by atoms with Gasteiger partial charge < -0.3 is 0 Å². The smallest absolute Gasteiger partial charge is 0.0855 e. The number of hydrogen-bond donors (Lipinski definition) is 0. The van der Waals surface area contributed by atoms with E-state index in [1.807, 2.05) is 36.4 Å². The van der Waals surface area contributed by atoms with Crippen molar-refractivity contribution in [2.24, 2.45) is 0 Å². The molecular weight excluding hydrogens is 288 g/mol. The van der Waals surface area contributed by atoms with Crippen LogP contribution in [0, 0.1) is 0 Å². The molecule has 0 amide bonds. The van der Waals surface area contributed by atoms with Gasteiger partial charge in [0.15, 0.2) is 0 Å². The Morgan fingerprint density at radius 3 is 1.50 bits per heavy atom. The summed E-state index contributed by atoms with van der Waals surface area (Å²) >= 11 is 0. The fraction of sp³-hybridized carbons (Fsp3) is 0.400. The van der Waals surface area contributed by atoms with Crippen LogP contribution in [0.4, 0.5) is 0 Å². The minimum Gasteiger partial charge on any atom is -0.249 e. The van der Waals surface area contributed by atoms with Crippen molar-refractivity contribution in [2.45, 2.75) is 62.2 Å². The first-order valence-corrected chi connectivity index (χ1v) is 9.34. The Hall–Kier alpha value is -1.41. The van der Waals surface area contributed by atoms with Crippen molar-refractivity contribution in [3.8, 4) is 0 Å². The summed E-state index contributed by atoms with van der Waals surface area (Å²) in [5.74, 6) is 0.854. The Labute approximate surface area is 137 Å². The van der Waals surface area contributed by atoms with Crippen LogP contribution in [0.2, 0.25) is 0 Å². The van der Waals surface area contributed by atoms with Crippen LogP contribution in [0.3, 0.4) is 0 Å². The molecule has 2 heteroatoms. The molecule has 0 aliphatic rings. The second-order valence-corrected chi connectivity index (χ2v) is 7.38. The molecule has 0 saturated heterocycles. The lowest BCUT2D eigenvalue weighted by Crippen LogP contribution is -2.05. The Balaban J connectivity index is 2.50. The van der Waals surface area contributed by atoms with Crippen molar-refractivity contribution in [3.05, 3.63) is 59.7 Å². The molecule has 0 aromatic heterocycles. The summed E-state index contributed by atoms with van der Waals surface area (Å²) in [4.78, 5) is 1.93. The molecule has 0 radical (unpaired) electrons. The fourth-order valence-corrected chi connectivity index (χ4v) is 4.28. The average molecular weight is 314 g/mol. The summed E-state index contributed by atoms with van der Waals surface area (Å²) in [5.41, 5.74) is 2.42. The molecule has 2 rings (SSSR count). The maximum absolute atomic E-state index is 13.2. The Morgan fingerprint density at radius 1 is 0.773 bits per heavy atom. The van der Waals surface area contributed by atoms with Gasteiger partial charge in [-0.3, -0.25) is 0 Å². The SMILES string of the molecule is CCC(C)c1ccccc1S(=O)c1ccccc1C(C)CC. The highest BCUT2D eigenvalue weighted by atomic mass is 32.2. The highest BCUT2D eigenvalue weighted by Gasteiger charge is 2.19. The number of rotatable bonds is 6. The molecule has 2 atom stereocenters. The fourth-order valence-electron chi connectivity index (χ4n) is 2.67. The zero-order valence-corrected chi connectivity index (χ0v) is 14.8. The minimum atomic E-state index is -1.11. The van der Waals surface area contributed by atoms with E-state index in [2.05, 4.69) is 39.8 Å². The summed E-state index contributed by atoms with van der Waals surface area (Å²) in [6.45, 7) is 8.77. The van der Waals surface area contributed by atoms with Gasteiger partial charge in [-0.2, -0.15) is 0 Å². The van der Waals surface area contributed by atoms with Gasteiger partial charge in [0, 0.05) is 9.79 Å². The van der Waals surface area contributed by atoms with E-state index in [9.17, 15) is 4.21 Å². The standard InChI is InChI=1S/C20H26OS/c1-5-15(3)17-11-7-9-13-19(17)22(21)20-14-10-8-12-18(20)16(4)6-2/h7-16H,5-6H2,1-4H3. The summed E-state index contributed by atoms with van der Waals surface area (Å²) in [5, 5.41) is 0. The largest absolute Gasteiger partial charge is 0.249 e. The molecule has 22 heavy (non-hydrogen) atoms. The normalized spacial score (nSPS) is 15.3. The number of benzene rings is 2. The monoisotopic (exact) mass is 314 g/mol. The lowest BCUT2D eigenvalue weighted by Gasteiger charge is -2.18. The average Bonchev–Trinajstić information content (AvgIpc) is 2.59. The third-order valence-corrected chi connectivity index (χ3v) is 6.07. The van der Waals surface area contributed by atoms with E-state index in [4.69, 9.17) is 0 Å². The second-order valence-electron chi connectivity index (χ2n) is 5.96. The third kappa shape index (κ3) is 3.49. The molecule has 0 N–H and O–H groups in total. The van der Waals surface area contributed by atoms with E-state index < -0.39 is 10.8 Å². The molecule has 0 fully saturated rings. The molecule has 1 nitrogen and oxygen atoms in total. The van der Waals surface area contributed by atoms with Crippen LogP contribution < -0.4 is 0 Å². The van der Waals surface area contributed by atoms with Crippen molar-refractivity contribution >= 4 is 10.8 Å². The summed E-state index contributed by atoms with van der Waals surface area (Å²) in [6, 6.07) is 16.3. The quantitative estimate of drug-likeness (QED) is 0.650. The first-order valence-electron chi connectivity index (χ1n) is 8.19. The van der Waals surface area contributed by atoms with Gasteiger partial charge in [0.05, 0.1) is 10.8 Å². The van der Waals surface area contributed by atoms with Gasteiger partial charge >= 0.3 is 0 Å². The molecule has 2 aromatic carbocycles. The van der Waals surface area contributed by atoms with Gasteiger partial charge in [-0.1, -0.05) is 64.1 Å². The van der Waals surface area contributed by atoms with Crippen molar-refractivity contribution < 1.29 is 4.21 Å². The molecule has 0 heterocycles. The first-order chi connectivity index (χ1) is 10.6. The molecule has 2 aromatic rings. The van der Waals surface area contributed by atoms with E-state index in [0.717, 1.165) is 22.6 Å². The van der Waals surface area contributed by atoms with Crippen LogP contribution in [0.25, 0.3) is 0 Å². The molecular formula is C20H26OS. The highest BCUT2D eigenvalue weighted by molar-refractivity contribution is 7.85. The maximum Gasteiger partial charge on any atom is 0.0855 e. The molecule has 0 bridgehead atoms. The summed E-state index contributed by atoms with van der Waals surface area (Å²) < 4.78 is 13.2. The molecule has 0 saturated carbocycles. The van der Waals surface area contributed by atoms with E-state index in [1.165, 1.54) is 11.1 Å². The van der Waals surface area contributed by atoms with E-state index in [0.29, 0.717) is 11.8 Å². The minimum absolute atomic E-state index is 0.427. The van der Waals surface area contributed by atoms with Crippen LogP contribution in [0.15, 0.2) is 58.3 Å². The van der Waals surface area contributed by atoms with Crippen LogP contribution >= 0.6 is 0 Å². The van der Waals surface area contributed by atoms with E-state index >= 15 is 0 Å². The third-order valence-electron chi connectivity index (χ3n) is 4.52. The highest BCUT2D eigenvalue weighted by Crippen LogP contribution is 2.32. The van der Waals surface area contributed by atoms with E-state index in [1.54, 1.807) is 0 Å². The Morgan fingerprint density at radius 2 is 1.14 bits per heavy atom. The van der Waals surface area contributed by atoms with Crippen molar-refractivity contribution in [3.63, 3.8) is 0 Å². The van der Waals surface area contributed by atoms with Crippen LogP contribution in [0.1, 0.15) is 63.5 Å². The van der Waals surface area contributed by atoms with Gasteiger partial charge in [0.25, 0.3) is 0 Å². The van der Waals surface area contributed by atoms with Crippen molar-refractivity contribution in [1.29, 1.82) is 0 Å². The van der Waals surface area contributed by atoms with Crippen LogP contribution in [-0.2, 0) is 10.8 Å².